The average molecular weight is 294 g/mol. The van der Waals surface area contributed by atoms with Crippen molar-refractivity contribution in [1.29, 1.82) is 0 Å². The predicted molar refractivity (Wildman–Crippen MR) is 76.8 cm³/mol. The number of halogens is 1. The summed E-state index contributed by atoms with van der Waals surface area (Å²) in [5.41, 5.74) is 0.143. The molecular formula is C15H16ClNO3. The van der Waals surface area contributed by atoms with E-state index in [0.717, 1.165) is 6.42 Å². The molecule has 1 fully saturated rings. The molecule has 1 amide bonds. The maximum atomic E-state index is 12.0. The summed E-state index contributed by atoms with van der Waals surface area (Å²) in [4.78, 5) is 34.9. The van der Waals surface area contributed by atoms with Crippen LogP contribution in [-0.4, -0.2) is 16.9 Å². The Hall–Kier alpha value is -1.68. The van der Waals surface area contributed by atoms with Crippen LogP contribution in [0.15, 0.2) is 24.3 Å². The fourth-order valence-electron chi connectivity index (χ4n) is 2.00. The fourth-order valence-corrected chi connectivity index (χ4v) is 2.27. The maximum absolute atomic E-state index is 12.0. The van der Waals surface area contributed by atoms with Gasteiger partial charge in [-0.1, -0.05) is 6.92 Å². The third-order valence-electron chi connectivity index (χ3n) is 3.50. The van der Waals surface area contributed by atoms with Gasteiger partial charge in [-0.05, 0) is 55.1 Å². The SMILES string of the molecule is CCCC(=O)c1ccc(NC(=O)C2(C(=O)Cl)CC2)cc1. The van der Waals surface area contributed by atoms with Crippen molar-refractivity contribution in [3.05, 3.63) is 29.8 Å². The molecule has 0 radical (unpaired) electrons. The molecule has 1 aliphatic rings. The number of benzene rings is 1. The van der Waals surface area contributed by atoms with Crippen LogP contribution in [0, 0.1) is 5.41 Å². The quantitative estimate of drug-likeness (QED) is 0.498. The Balaban J connectivity index is 2.03. The Morgan fingerprint density at radius 1 is 1.20 bits per heavy atom. The van der Waals surface area contributed by atoms with Gasteiger partial charge in [0.25, 0.3) is 0 Å². The molecular weight excluding hydrogens is 278 g/mol. The first-order valence-corrected chi connectivity index (χ1v) is 7.02. The molecule has 1 N–H and O–H groups in total. The van der Waals surface area contributed by atoms with E-state index in [9.17, 15) is 14.4 Å². The summed E-state index contributed by atoms with van der Waals surface area (Å²) in [7, 11) is 0. The van der Waals surface area contributed by atoms with E-state index in [0.29, 0.717) is 30.5 Å². The third kappa shape index (κ3) is 2.90. The molecule has 0 bridgehead atoms. The van der Waals surface area contributed by atoms with Gasteiger partial charge in [0.15, 0.2) is 5.78 Å². The highest BCUT2D eigenvalue weighted by atomic mass is 35.5. The van der Waals surface area contributed by atoms with E-state index in [2.05, 4.69) is 5.32 Å². The summed E-state index contributed by atoms with van der Waals surface area (Å²) < 4.78 is 0. The molecule has 106 valence electrons. The Kier molecular flexibility index (Phi) is 4.23. The molecule has 1 aliphatic carbocycles. The summed E-state index contributed by atoms with van der Waals surface area (Å²) in [6.45, 7) is 1.95. The molecule has 0 aliphatic heterocycles. The Labute approximate surface area is 122 Å². The minimum atomic E-state index is -1.04. The smallest absolute Gasteiger partial charge is 0.239 e. The van der Waals surface area contributed by atoms with Gasteiger partial charge in [0.1, 0.15) is 5.41 Å². The van der Waals surface area contributed by atoms with Crippen LogP contribution in [-0.2, 0) is 9.59 Å². The van der Waals surface area contributed by atoms with Gasteiger partial charge in [-0.3, -0.25) is 14.4 Å². The number of carbonyl (C=O) groups excluding carboxylic acids is 3. The Morgan fingerprint density at radius 3 is 2.25 bits per heavy atom. The van der Waals surface area contributed by atoms with E-state index in [4.69, 9.17) is 11.6 Å². The largest absolute Gasteiger partial charge is 0.325 e. The van der Waals surface area contributed by atoms with Gasteiger partial charge in [-0.2, -0.15) is 0 Å². The topological polar surface area (TPSA) is 63.2 Å². The summed E-state index contributed by atoms with van der Waals surface area (Å²) in [5, 5.41) is 2.06. The van der Waals surface area contributed by atoms with E-state index < -0.39 is 10.7 Å². The molecule has 1 aromatic carbocycles. The standard InChI is InChI=1S/C15H16ClNO3/c1-2-3-12(18)10-4-6-11(7-5-10)17-14(20)15(8-9-15)13(16)19/h4-7H,2-3,8-9H2,1H3,(H,17,20). The zero-order valence-electron chi connectivity index (χ0n) is 11.2. The van der Waals surface area contributed by atoms with Crippen molar-refractivity contribution in [2.24, 2.45) is 5.41 Å². The van der Waals surface area contributed by atoms with Crippen LogP contribution in [0.1, 0.15) is 43.0 Å². The van der Waals surface area contributed by atoms with Crippen molar-refractivity contribution in [2.45, 2.75) is 32.6 Å². The first-order chi connectivity index (χ1) is 9.49. The van der Waals surface area contributed by atoms with Gasteiger partial charge in [0.2, 0.25) is 11.1 Å². The van der Waals surface area contributed by atoms with Crippen molar-refractivity contribution >= 4 is 34.2 Å². The third-order valence-corrected chi connectivity index (χ3v) is 3.86. The maximum Gasteiger partial charge on any atom is 0.239 e. The molecule has 0 aromatic heterocycles. The van der Waals surface area contributed by atoms with Crippen LogP contribution in [0.2, 0.25) is 0 Å². The number of ketones is 1. The number of amides is 1. The van der Waals surface area contributed by atoms with Gasteiger partial charge >= 0.3 is 0 Å². The van der Waals surface area contributed by atoms with Crippen LogP contribution in [0.4, 0.5) is 5.69 Å². The minimum Gasteiger partial charge on any atom is -0.325 e. The molecule has 1 aromatic rings. The second-order valence-electron chi connectivity index (χ2n) is 5.06. The van der Waals surface area contributed by atoms with Crippen LogP contribution in [0.25, 0.3) is 0 Å². The monoisotopic (exact) mass is 293 g/mol. The highest BCUT2D eigenvalue weighted by Crippen LogP contribution is 2.48. The van der Waals surface area contributed by atoms with Gasteiger partial charge in [0, 0.05) is 17.7 Å². The van der Waals surface area contributed by atoms with Crippen molar-refractivity contribution in [2.75, 3.05) is 5.32 Å². The number of nitrogens with one attached hydrogen (secondary N) is 1. The van der Waals surface area contributed by atoms with Crippen LogP contribution >= 0.6 is 11.6 Å². The van der Waals surface area contributed by atoms with E-state index in [-0.39, 0.29) is 11.7 Å². The average Bonchev–Trinajstić information content (AvgIpc) is 3.21. The van der Waals surface area contributed by atoms with Crippen LogP contribution < -0.4 is 5.32 Å². The van der Waals surface area contributed by atoms with Crippen molar-refractivity contribution in [3.63, 3.8) is 0 Å². The zero-order chi connectivity index (χ0) is 14.8. The molecule has 5 heteroatoms. The first kappa shape index (κ1) is 14.7. The number of anilines is 1. The normalized spacial score (nSPS) is 15.5. The van der Waals surface area contributed by atoms with Crippen molar-refractivity contribution in [3.8, 4) is 0 Å². The summed E-state index contributed by atoms with van der Waals surface area (Å²) in [5.74, 6) is -0.287. The van der Waals surface area contributed by atoms with Crippen molar-refractivity contribution in [1.82, 2.24) is 0 Å². The molecule has 0 saturated heterocycles. The summed E-state index contributed by atoms with van der Waals surface area (Å²) >= 11 is 5.45. The van der Waals surface area contributed by atoms with Crippen LogP contribution in [0.5, 0.6) is 0 Å². The van der Waals surface area contributed by atoms with Gasteiger partial charge in [-0.15, -0.1) is 0 Å². The number of hydrogen-bond acceptors (Lipinski definition) is 3. The lowest BCUT2D eigenvalue weighted by Crippen LogP contribution is -2.28. The van der Waals surface area contributed by atoms with E-state index >= 15 is 0 Å². The zero-order valence-corrected chi connectivity index (χ0v) is 12.0. The minimum absolute atomic E-state index is 0.0833. The van der Waals surface area contributed by atoms with Gasteiger partial charge in [0.05, 0.1) is 0 Å². The van der Waals surface area contributed by atoms with E-state index in [1.165, 1.54) is 0 Å². The van der Waals surface area contributed by atoms with E-state index in [1.54, 1.807) is 24.3 Å². The molecule has 2 rings (SSSR count). The Morgan fingerprint density at radius 2 is 1.80 bits per heavy atom. The second-order valence-corrected chi connectivity index (χ2v) is 5.40. The lowest BCUT2D eigenvalue weighted by atomic mass is 10.1. The molecule has 1 saturated carbocycles. The van der Waals surface area contributed by atoms with Gasteiger partial charge in [-0.25, -0.2) is 0 Å². The fraction of sp³-hybridized carbons (Fsp3) is 0.400. The number of rotatable bonds is 6. The molecule has 0 unspecified atom stereocenters. The predicted octanol–water partition coefficient (Wildman–Crippen LogP) is 3.15. The van der Waals surface area contributed by atoms with Crippen LogP contribution in [0.3, 0.4) is 0 Å². The lowest BCUT2D eigenvalue weighted by molar-refractivity contribution is -0.128. The number of Topliss-reactive ketones (excluding diaryl/α,β-unsaturated/α-hetero) is 1. The first-order valence-electron chi connectivity index (χ1n) is 6.64. The summed E-state index contributed by atoms with van der Waals surface area (Å²) in [6, 6.07) is 6.68. The number of carbonyl (C=O) groups is 3. The van der Waals surface area contributed by atoms with Gasteiger partial charge < -0.3 is 5.32 Å². The number of hydrogen-bond donors (Lipinski definition) is 1. The molecule has 0 spiro atoms. The second kappa shape index (κ2) is 5.75. The Bertz CT molecular complexity index is 547. The lowest BCUT2D eigenvalue weighted by Gasteiger charge is -2.11. The molecule has 0 heterocycles. The molecule has 4 nitrogen and oxygen atoms in total. The van der Waals surface area contributed by atoms with E-state index in [1.807, 2.05) is 6.92 Å². The summed E-state index contributed by atoms with van der Waals surface area (Å²) in [6.07, 6.45) is 2.30. The van der Waals surface area contributed by atoms with Crippen molar-refractivity contribution < 1.29 is 14.4 Å². The highest BCUT2D eigenvalue weighted by molar-refractivity contribution is 6.67. The highest BCUT2D eigenvalue weighted by Gasteiger charge is 2.55. The molecule has 0 atom stereocenters. The molecule has 20 heavy (non-hydrogen) atoms.